The van der Waals surface area contributed by atoms with Gasteiger partial charge in [-0.1, -0.05) is 24.3 Å². The van der Waals surface area contributed by atoms with Crippen molar-refractivity contribution in [3.63, 3.8) is 0 Å². The minimum Gasteiger partial charge on any atom is -0.311 e. The van der Waals surface area contributed by atoms with Gasteiger partial charge in [-0.3, -0.25) is 4.84 Å². The molecule has 1 unspecified atom stereocenters. The van der Waals surface area contributed by atoms with Gasteiger partial charge >= 0.3 is 0 Å². The van der Waals surface area contributed by atoms with E-state index in [4.69, 9.17) is 4.84 Å². The van der Waals surface area contributed by atoms with Crippen LogP contribution in [0.3, 0.4) is 0 Å². The van der Waals surface area contributed by atoms with E-state index < -0.39 is 0 Å². The first kappa shape index (κ1) is 11.2. The van der Waals surface area contributed by atoms with E-state index in [9.17, 15) is 0 Å². The third kappa shape index (κ3) is 3.10. The molecule has 3 nitrogen and oxygen atoms in total. The molecular formula is C11H18N2O. The van der Waals surface area contributed by atoms with Crippen molar-refractivity contribution in [3.05, 3.63) is 36.5 Å². The molecule has 0 aromatic heterocycles. The fraction of sp³-hybridized carbons (Fsp3) is 0.455. The van der Waals surface area contributed by atoms with Crippen LogP contribution in [0.5, 0.6) is 0 Å². The van der Waals surface area contributed by atoms with Crippen molar-refractivity contribution in [1.29, 1.82) is 0 Å². The predicted octanol–water partition coefficient (Wildman–Crippen LogP) is 1.17. The van der Waals surface area contributed by atoms with Crippen LogP contribution >= 0.6 is 0 Å². The average molecular weight is 194 g/mol. The Hall–Kier alpha value is -0.900. The lowest BCUT2D eigenvalue weighted by Gasteiger charge is -2.25. The minimum absolute atomic E-state index is 0.196. The van der Waals surface area contributed by atoms with Crippen LogP contribution < -0.4 is 10.8 Å². The molecule has 2 N–H and O–H groups in total. The fourth-order valence-corrected chi connectivity index (χ4v) is 1.45. The molecule has 0 aromatic carbocycles. The van der Waals surface area contributed by atoms with E-state index in [2.05, 4.69) is 30.0 Å². The molecule has 0 saturated heterocycles. The Morgan fingerprint density at radius 1 is 1.86 bits per heavy atom. The molecule has 0 radical (unpaired) electrons. The maximum absolute atomic E-state index is 5.21. The summed E-state index contributed by atoms with van der Waals surface area (Å²) < 4.78 is 0. The quantitative estimate of drug-likeness (QED) is 0.391. The summed E-state index contributed by atoms with van der Waals surface area (Å²) in [7, 11) is 0. The summed E-state index contributed by atoms with van der Waals surface area (Å²) in [6.07, 6.45) is 3.86. The van der Waals surface area contributed by atoms with Gasteiger partial charge < -0.3 is 5.32 Å². The molecule has 78 valence electrons. The third-order valence-electron chi connectivity index (χ3n) is 2.11. The van der Waals surface area contributed by atoms with E-state index in [-0.39, 0.29) is 6.04 Å². The molecule has 1 heterocycles. The summed E-state index contributed by atoms with van der Waals surface area (Å²) in [6, 6.07) is 0.196. The van der Waals surface area contributed by atoms with Crippen molar-refractivity contribution < 1.29 is 4.84 Å². The highest BCUT2D eigenvalue weighted by molar-refractivity contribution is 5.33. The largest absolute Gasteiger partial charge is 0.311 e. The molecule has 1 aliphatic heterocycles. The lowest BCUT2D eigenvalue weighted by molar-refractivity contribution is 0.0434. The monoisotopic (exact) mass is 194 g/mol. The van der Waals surface area contributed by atoms with Gasteiger partial charge in [0.1, 0.15) is 0 Å². The van der Waals surface area contributed by atoms with E-state index in [0.29, 0.717) is 6.61 Å². The Morgan fingerprint density at radius 3 is 3.29 bits per heavy atom. The van der Waals surface area contributed by atoms with Gasteiger partial charge in [-0.05, 0) is 12.5 Å². The molecule has 1 aliphatic rings. The van der Waals surface area contributed by atoms with Crippen LogP contribution in [-0.4, -0.2) is 25.7 Å². The third-order valence-corrected chi connectivity index (χ3v) is 2.11. The standard InChI is InChI=1S/C11H18N2O/c1-4-7-14-13-11-8-12-6-5-10(11)9(2)3/h4-5,11-13H,1-2,6-8H2,3H3. The second-order valence-corrected chi connectivity index (χ2v) is 3.37. The molecule has 0 spiro atoms. The molecule has 0 aromatic rings. The van der Waals surface area contributed by atoms with Crippen molar-refractivity contribution in [1.82, 2.24) is 10.8 Å². The molecule has 3 heteroatoms. The zero-order valence-corrected chi connectivity index (χ0v) is 8.68. The second-order valence-electron chi connectivity index (χ2n) is 3.37. The summed E-state index contributed by atoms with van der Waals surface area (Å²) >= 11 is 0. The van der Waals surface area contributed by atoms with Crippen LogP contribution in [-0.2, 0) is 4.84 Å². The minimum atomic E-state index is 0.196. The Labute approximate surface area is 85.5 Å². The Morgan fingerprint density at radius 2 is 2.64 bits per heavy atom. The van der Waals surface area contributed by atoms with Gasteiger partial charge in [0.15, 0.2) is 0 Å². The zero-order chi connectivity index (χ0) is 10.4. The number of nitrogens with one attached hydrogen (secondary N) is 2. The highest BCUT2D eigenvalue weighted by Crippen LogP contribution is 2.13. The molecule has 1 atom stereocenters. The van der Waals surface area contributed by atoms with Crippen LogP contribution in [0.25, 0.3) is 0 Å². The number of hydroxylamine groups is 1. The van der Waals surface area contributed by atoms with Crippen LogP contribution in [0.2, 0.25) is 0 Å². The normalized spacial score (nSPS) is 21.5. The first-order valence-electron chi connectivity index (χ1n) is 4.80. The molecule has 14 heavy (non-hydrogen) atoms. The molecule has 0 amide bonds. The predicted molar refractivity (Wildman–Crippen MR) is 58.8 cm³/mol. The summed E-state index contributed by atoms with van der Waals surface area (Å²) in [5.41, 5.74) is 5.31. The molecule has 0 aliphatic carbocycles. The summed E-state index contributed by atoms with van der Waals surface area (Å²) in [4.78, 5) is 5.21. The first-order chi connectivity index (χ1) is 6.75. The highest BCUT2D eigenvalue weighted by Gasteiger charge is 2.17. The zero-order valence-electron chi connectivity index (χ0n) is 8.68. The van der Waals surface area contributed by atoms with Crippen molar-refractivity contribution in [2.24, 2.45) is 0 Å². The van der Waals surface area contributed by atoms with Crippen LogP contribution in [0.4, 0.5) is 0 Å². The van der Waals surface area contributed by atoms with Crippen molar-refractivity contribution >= 4 is 0 Å². The van der Waals surface area contributed by atoms with E-state index in [1.165, 1.54) is 5.57 Å². The van der Waals surface area contributed by atoms with Gasteiger partial charge in [0.05, 0.1) is 12.6 Å². The average Bonchev–Trinajstić information content (AvgIpc) is 2.19. The SMILES string of the molecule is C=CCONC1CNCC=C1C(=C)C. The van der Waals surface area contributed by atoms with E-state index >= 15 is 0 Å². The molecule has 1 rings (SSSR count). The maximum Gasteiger partial charge on any atom is 0.0861 e. The molecule has 0 fully saturated rings. The van der Waals surface area contributed by atoms with Gasteiger partial charge in [0.25, 0.3) is 0 Å². The summed E-state index contributed by atoms with van der Waals surface area (Å²) in [5.74, 6) is 0. The topological polar surface area (TPSA) is 33.3 Å². The maximum atomic E-state index is 5.21. The van der Waals surface area contributed by atoms with Crippen LogP contribution in [0, 0.1) is 0 Å². The number of hydrogen-bond donors (Lipinski definition) is 2. The lowest BCUT2D eigenvalue weighted by Crippen LogP contribution is -2.43. The molecule has 0 bridgehead atoms. The van der Waals surface area contributed by atoms with Crippen LogP contribution in [0.15, 0.2) is 36.5 Å². The van der Waals surface area contributed by atoms with Gasteiger partial charge in [-0.2, -0.15) is 5.48 Å². The van der Waals surface area contributed by atoms with Gasteiger partial charge in [-0.15, -0.1) is 6.58 Å². The van der Waals surface area contributed by atoms with Gasteiger partial charge in [0.2, 0.25) is 0 Å². The highest BCUT2D eigenvalue weighted by atomic mass is 16.6. The Balaban J connectivity index is 2.48. The Bertz CT molecular complexity index is 246. The van der Waals surface area contributed by atoms with E-state index in [1.54, 1.807) is 6.08 Å². The van der Waals surface area contributed by atoms with Crippen molar-refractivity contribution in [3.8, 4) is 0 Å². The number of rotatable bonds is 5. The molecular weight excluding hydrogens is 176 g/mol. The summed E-state index contributed by atoms with van der Waals surface area (Å²) in [6.45, 7) is 11.8. The summed E-state index contributed by atoms with van der Waals surface area (Å²) in [5, 5.41) is 3.26. The van der Waals surface area contributed by atoms with E-state index in [1.807, 2.05) is 6.92 Å². The first-order valence-corrected chi connectivity index (χ1v) is 4.80. The van der Waals surface area contributed by atoms with Crippen molar-refractivity contribution in [2.45, 2.75) is 13.0 Å². The van der Waals surface area contributed by atoms with Crippen LogP contribution in [0.1, 0.15) is 6.92 Å². The lowest BCUT2D eigenvalue weighted by atomic mass is 9.98. The van der Waals surface area contributed by atoms with Crippen molar-refractivity contribution in [2.75, 3.05) is 19.7 Å². The number of hydrogen-bond acceptors (Lipinski definition) is 3. The molecule has 0 saturated carbocycles. The van der Waals surface area contributed by atoms with Gasteiger partial charge in [-0.25, -0.2) is 0 Å². The van der Waals surface area contributed by atoms with E-state index in [0.717, 1.165) is 18.7 Å². The fourth-order valence-electron chi connectivity index (χ4n) is 1.45. The second kappa shape index (κ2) is 5.75. The van der Waals surface area contributed by atoms with Gasteiger partial charge in [0, 0.05) is 13.1 Å². The Kier molecular flexibility index (Phi) is 4.59. The smallest absolute Gasteiger partial charge is 0.0861 e.